The summed E-state index contributed by atoms with van der Waals surface area (Å²) < 4.78 is 28.1. The van der Waals surface area contributed by atoms with Crippen molar-refractivity contribution >= 4 is 10.0 Å². The van der Waals surface area contributed by atoms with Crippen LogP contribution in [0.4, 0.5) is 0 Å². The van der Waals surface area contributed by atoms with Gasteiger partial charge in [0.2, 0.25) is 10.0 Å². The summed E-state index contributed by atoms with van der Waals surface area (Å²) in [5.41, 5.74) is 0. The van der Waals surface area contributed by atoms with E-state index in [1.807, 2.05) is 0 Å². The van der Waals surface area contributed by atoms with Crippen LogP contribution < -0.4 is 4.89 Å². The summed E-state index contributed by atoms with van der Waals surface area (Å²) in [6.07, 6.45) is 4.59. The molecule has 15 heavy (non-hydrogen) atoms. The first-order valence-corrected chi connectivity index (χ1v) is 6.83. The molecule has 1 aliphatic rings. The van der Waals surface area contributed by atoms with Crippen molar-refractivity contribution in [2.24, 2.45) is 0 Å². The molecule has 0 aromatic rings. The SMILES string of the molecule is COCCONS(=O)(=O)C1CCCCC1. The standard InChI is InChI=1S/C9H19NO4S/c1-13-7-8-14-10-15(11,12)9-5-3-2-4-6-9/h9-10H,2-8H2,1H3. The fraction of sp³-hybridized carbons (Fsp3) is 1.00. The second kappa shape index (κ2) is 6.42. The molecule has 1 aliphatic carbocycles. The molecule has 0 atom stereocenters. The lowest BCUT2D eigenvalue weighted by Crippen LogP contribution is -2.36. The molecule has 1 N–H and O–H groups in total. The largest absolute Gasteiger partial charge is 0.382 e. The van der Waals surface area contributed by atoms with Gasteiger partial charge in [-0.2, -0.15) is 0 Å². The monoisotopic (exact) mass is 237 g/mol. The highest BCUT2D eigenvalue weighted by Gasteiger charge is 2.27. The summed E-state index contributed by atoms with van der Waals surface area (Å²) in [6, 6.07) is 0. The van der Waals surface area contributed by atoms with E-state index in [-0.39, 0.29) is 11.9 Å². The van der Waals surface area contributed by atoms with E-state index in [0.29, 0.717) is 6.61 Å². The predicted molar refractivity (Wildman–Crippen MR) is 56.8 cm³/mol. The average Bonchev–Trinajstić information content (AvgIpc) is 2.26. The second-order valence-corrected chi connectivity index (χ2v) is 5.65. The molecular weight excluding hydrogens is 218 g/mol. The first-order valence-electron chi connectivity index (χ1n) is 5.28. The molecule has 0 saturated heterocycles. The van der Waals surface area contributed by atoms with Gasteiger partial charge in [-0.05, 0) is 12.8 Å². The summed E-state index contributed by atoms with van der Waals surface area (Å²) in [6.45, 7) is 0.621. The fourth-order valence-corrected chi connectivity index (χ4v) is 3.03. The Kier molecular flexibility index (Phi) is 5.52. The Labute approximate surface area is 91.1 Å². The summed E-state index contributed by atoms with van der Waals surface area (Å²) >= 11 is 0. The number of rotatable bonds is 6. The van der Waals surface area contributed by atoms with Gasteiger partial charge in [0.1, 0.15) is 0 Å². The van der Waals surface area contributed by atoms with Gasteiger partial charge >= 0.3 is 0 Å². The molecule has 1 saturated carbocycles. The Morgan fingerprint density at radius 3 is 2.47 bits per heavy atom. The third kappa shape index (κ3) is 4.46. The maximum atomic E-state index is 11.7. The molecule has 0 heterocycles. The smallest absolute Gasteiger partial charge is 0.236 e. The van der Waals surface area contributed by atoms with E-state index < -0.39 is 10.0 Å². The zero-order valence-electron chi connectivity index (χ0n) is 9.07. The number of hydrogen-bond donors (Lipinski definition) is 1. The van der Waals surface area contributed by atoms with E-state index in [0.717, 1.165) is 32.1 Å². The van der Waals surface area contributed by atoms with Gasteiger partial charge in [-0.1, -0.05) is 24.1 Å². The Hall–Kier alpha value is -0.170. The summed E-state index contributed by atoms with van der Waals surface area (Å²) in [5.74, 6) is 0. The van der Waals surface area contributed by atoms with E-state index in [2.05, 4.69) is 4.89 Å². The van der Waals surface area contributed by atoms with Gasteiger partial charge in [-0.15, -0.1) is 0 Å². The van der Waals surface area contributed by atoms with E-state index >= 15 is 0 Å². The van der Waals surface area contributed by atoms with Gasteiger partial charge in [0.05, 0.1) is 18.5 Å². The van der Waals surface area contributed by atoms with Crippen molar-refractivity contribution in [3.63, 3.8) is 0 Å². The third-order valence-electron chi connectivity index (χ3n) is 2.56. The van der Waals surface area contributed by atoms with Crippen molar-refractivity contribution in [1.82, 2.24) is 4.89 Å². The Morgan fingerprint density at radius 1 is 1.20 bits per heavy atom. The van der Waals surface area contributed by atoms with E-state index in [1.165, 1.54) is 0 Å². The first-order chi connectivity index (χ1) is 7.17. The van der Waals surface area contributed by atoms with Gasteiger partial charge < -0.3 is 4.74 Å². The molecule has 0 spiro atoms. The predicted octanol–water partition coefficient (Wildman–Crippen LogP) is 0.816. The minimum Gasteiger partial charge on any atom is -0.382 e. The zero-order valence-corrected chi connectivity index (χ0v) is 9.88. The van der Waals surface area contributed by atoms with Crippen LogP contribution in [-0.4, -0.2) is 34.0 Å². The normalized spacial score (nSPS) is 19.3. The minimum absolute atomic E-state index is 0.239. The Bertz CT molecular complexity index is 259. The highest BCUT2D eigenvalue weighted by Crippen LogP contribution is 2.22. The van der Waals surface area contributed by atoms with Crippen LogP contribution >= 0.6 is 0 Å². The van der Waals surface area contributed by atoms with Crippen molar-refractivity contribution in [3.05, 3.63) is 0 Å². The van der Waals surface area contributed by atoms with Crippen LogP contribution in [0.25, 0.3) is 0 Å². The first kappa shape index (κ1) is 12.9. The van der Waals surface area contributed by atoms with Crippen molar-refractivity contribution in [1.29, 1.82) is 0 Å². The van der Waals surface area contributed by atoms with Gasteiger partial charge in [0.15, 0.2) is 0 Å². The zero-order chi connectivity index (χ0) is 11.1. The van der Waals surface area contributed by atoms with Crippen LogP contribution in [0.1, 0.15) is 32.1 Å². The topological polar surface area (TPSA) is 64.6 Å². The highest BCUT2D eigenvalue weighted by molar-refractivity contribution is 7.89. The molecule has 0 aliphatic heterocycles. The number of sulfonamides is 1. The van der Waals surface area contributed by atoms with Crippen molar-refractivity contribution in [3.8, 4) is 0 Å². The van der Waals surface area contributed by atoms with Gasteiger partial charge in [-0.25, -0.2) is 8.42 Å². The lowest BCUT2D eigenvalue weighted by atomic mass is 10.0. The molecule has 0 amide bonds. The van der Waals surface area contributed by atoms with Crippen LogP contribution in [0.2, 0.25) is 0 Å². The summed E-state index contributed by atoms with van der Waals surface area (Å²) in [4.78, 5) is 6.98. The maximum Gasteiger partial charge on any atom is 0.236 e. The highest BCUT2D eigenvalue weighted by atomic mass is 32.2. The van der Waals surface area contributed by atoms with Crippen LogP contribution in [0.3, 0.4) is 0 Å². The molecule has 0 bridgehead atoms. The van der Waals surface area contributed by atoms with Crippen LogP contribution in [0, 0.1) is 0 Å². The molecule has 0 aromatic heterocycles. The molecule has 1 rings (SSSR count). The lowest BCUT2D eigenvalue weighted by Gasteiger charge is -2.21. The van der Waals surface area contributed by atoms with Gasteiger partial charge in [0, 0.05) is 7.11 Å². The molecule has 0 aromatic carbocycles. The Morgan fingerprint density at radius 2 is 1.87 bits per heavy atom. The van der Waals surface area contributed by atoms with Crippen molar-refractivity contribution in [2.45, 2.75) is 37.4 Å². The second-order valence-electron chi connectivity index (χ2n) is 3.73. The quantitative estimate of drug-likeness (QED) is 0.548. The van der Waals surface area contributed by atoms with Crippen LogP contribution in [-0.2, 0) is 19.6 Å². The number of hydrogen-bond acceptors (Lipinski definition) is 4. The number of ether oxygens (including phenoxy) is 1. The molecule has 0 unspecified atom stereocenters. The van der Waals surface area contributed by atoms with Gasteiger partial charge in [0.25, 0.3) is 0 Å². The third-order valence-corrected chi connectivity index (χ3v) is 4.25. The molecule has 6 heteroatoms. The minimum atomic E-state index is -3.29. The van der Waals surface area contributed by atoms with E-state index in [1.54, 1.807) is 7.11 Å². The lowest BCUT2D eigenvalue weighted by molar-refractivity contribution is 0.0432. The molecule has 5 nitrogen and oxygen atoms in total. The fourth-order valence-electron chi connectivity index (χ4n) is 1.69. The Balaban J connectivity index is 2.30. The molecule has 90 valence electrons. The molecule has 1 fully saturated rings. The van der Waals surface area contributed by atoms with Crippen LogP contribution in [0.15, 0.2) is 0 Å². The molecular formula is C9H19NO4S. The van der Waals surface area contributed by atoms with Crippen molar-refractivity contribution < 1.29 is 18.0 Å². The molecule has 0 radical (unpaired) electrons. The number of nitrogens with one attached hydrogen (secondary N) is 1. The summed E-state index contributed by atoms with van der Waals surface area (Å²) in [5, 5.41) is -0.284. The van der Waals surface area contributed by atoms with E-state index in [9.17, 15) is 8.42 Å². The maximum absolute atomic E-state index is 11.7. The average molecular weight is 237 g/mol. The summed E-state index contributed by atoms with van der Waals surface area (Å²) in [7, 11) is -1.75. The van der Waals surface area contributed by atoms with Crippen LogP contribution in [0.5, 0.6) is 0 Å². The van der Waals surface area contributed by atoms with E-state index in [4.69, 9.17) is 9.57 Å². The van der Waals surface area contributed by atoms with Gasteiger partial charge in [-0.3, -0.25) is 4.84 Å². The number of methoxy groups -OCH3 is 1. The van der Waals surface area contributed by atoms with Crippen molar-refractivity contribution in [2.75, 3.05) is 20.3 Å².